The van der Waals surface area contributed by atoms with Crippen molar-refractivity contribution in [1.29, 1.82) is 0 Å². The fourth-order valence-electron chi connectivity index (χ4n) is 3.40. The molecule has 26 heavy (non-hydrogen) atoms. The Bertz CT molecular complexity index is 760. The van der Waals surface area contributed by atoms with Crippen LogP contribution < -0.4 is 0 Å². The summed E-state index contributed by atoms with van der Waals surface area (Å²) in [7, 11) is -3.70. The molecule has 0 heterocycles. The molecule has 1 unspecified atom stereocenters. The minimum Gasteiger partial charge on any atom is -0.324 e. The summed E-state index contributed by atoms with van der Waals surface area (Å²) >= 11 is 1.65. The molecular weight excluding hydrogens is 363 g/mol. The Morgan fingerprint density at radius 3 is 2.04 bits per heavy atom. The third kappa shape index (κ3) is 3.80. The summed E-state index contributed by atoms with van der Waals surface area (Å²) in [4.78, 5) is 9.70. The van der Waals surface area contributed by atoms with Crippen LogP contribution in [0.25, 0.3) is 11.1 Å². The molecule has 5 heteroatoms. The molecule has 3 nitrogen and oxygen atoms in total. The Morgan fingerprint density at radius 1 is 0.962 bits per heavy atom. The fraction of sp³-hybridized carbons (Fsp3) is 0.429. The highest BCUT2D eigenvalue weighted by Crippen LogP contribution is 2.62. The predicted octanol–water partition coefficient (Wildman–Crippen LogP) is 6.40. The van der Waals surface area contributed by atoms with E-state index < -0.39 is 12.5 Å². The molecule has 0 radical (unpaired) electrons. The highest BCUT2D eigenvalue weighted by atomic mass is 32.2. The third-order valence-corrected chi connectivity index (χ3v) is 7.71. The summed E-state index contributed by atoms with van der Waals surface area (Å²) in [5, 5.41) is 0. The van der Waals surface area contributed by atoms with Gasteiger partial charge in [0.25, 0.3) is 0 Å². The first-order chi connectivity index (χ1) is 12.5. The van der Waals surface area contributed by atoms with Gasteiger partial charge in [-0.2, -0.15) is 0 Å². The molecule has 0 bridgehead atoms. The largest absolute Gasteiger partial charge is 0.330 e. The van der Waals surface area contributed by atoms with E-state index in [4.69, 9.17) is 4.52 Å². The summed E-state index contributed by atoms with van der Waals surface area (Å²) in [5.41, 5.74) is 4.19. The van der Waals surface area contributed by atoms with Gasteiger partial charge in [0.1, 0.15) is 0 Å². The lowest BCUT2D eigenvalue weighted by Crippen LogP contribution is -2.25. The normalized spacial score (nSPS) is 16.7. The third-order valence-electron chi connectivity index (χ3n) is 4.72. The molecule has 1 atom stereocenters. The van der Waals surface area contributed by atoms with Crippen molar-refractivity contribution in [2.24, 2.45) is 0 Å². The zero-order chi connectivity index (χ0) is 18.6. The lowest BCUT2D eigenvalue weighted by Gasteiger charge is -2.33. The molecule has 2 aromatic carbocycles. The maximum absolute atomic E-state index is 12.9. The van der Waals surface area contributed by atoms with Crippen molar-refractivity contribution in [3.8, 4) is 11.1 Å². The molecule has 0 spiro atoms. The molecule has 0 aliphatic heterocycles. The number of benzene rings is 2. The van der Waals surface area contributed by atoms with Crippen LogP contribution in [0.3, 0.4) is 0 Å². The number of thioether (sulfide) groups is 1. The van der Waals surface area contributed by atoms with Crippen molar-refractivity contribution < 1.29 is 14.0 Å². The standard InChI is InChI=1S/C21H27O3PS/c1-3-5-15-25(22,23)24-21(26-16-6-4-2)19-13-9-7-11-17(19)18-12-8-10-14-20(18)21/h7-14H,3-6,15-16H2,1-2H3,(H,22,23). The minimum atomic E-state index is -3.70. The molecule has 3 rings (SSSR count). The summed E-state index contributed by atoms with van der Waals surface area (Å²) < 4.78 is 19.1. The average molecular weight is 390 g/mol. The molecule has 0 saturated carbocycles. The highest BCUT2D eigenvalue weighted by molar-refractivity contribution is 8.00. The van der Waals surface area contributed by atoms with Gasteiger partial charge < -0.3 is 4.89 Å². The topological polar surface area (TPSA) is 46.5 Å². The maximum atomic E-state index is 12.9. The number of hydrogen-bond acceptors (Lipinski definition) is 3. The molecule has 2 aromatic rings. The Labute approximate surface area is 160 Å². The second-order valence-electron chi connectivity index (χ2n) is 6.72. The molecule has 1 N–H and O–H groups in total. The molecule has 1 aliphatic carbocycles. The van der Waals surface area contributed by atoms with Crippen LogP contribution in [0, 0.1) is 0 Å². The summed E-state index contributed by atoms with van der Waals surface area (Å²) in [6.45, 7) is 4.18. The Morgan fingerprint density at radius 2 is 1.50 bits per heavy atom. The van der Waals surface area contributed by atoms with E-state index in [0.717, 1.165) is 47.3 Å². The van der Waals surface area contributed by atoms with Crippen molar-refractivity contribution in [1.82, 2.24) is 0 Å². The first-order valence-corrected chi connectivity index (χ1v) is 12.1. The SMILES string of the molecule is CCCCSC1(OP(=O)(O)CCCC)c2ccccc2-c2ccccc21. The van der Waals surface area contributed by atoms with E-state index in [1.165, 1.54) is 0 Å². The van der Waals surface area contributed by atoms with Gasteiger partial charge in [-0.15, -0.1) is 11.8 Å². The zero-order valence-corrected chi connectivity index (χ0v) is 17.2. The van der Waals surface area contributed by atoms with Gasteiger partial charge in [0, 0.05) is 11.1 Å². The van der Waals surface area contributed by atoms with E-state index in [0.29, 0.717) is 6.42 Å². The summed E-state index contributed by atoms with van der Waals surface area (Å²) in [6, 6.07) is 16.2. The van der Waals surface area contributed by atoms with Crippen LogP contribution >= 0.6 is 19.4 Å². The number of fused-ring (bicyclic) bond motifs is 3. The predicted molar refractivity (Wildman–Crippen MR) is 111 cm³/mol. The van der Waals surface area contributed by atoms with Crippen LogP contribution in [0.4, 0.5) is 0 Å². The Kier molecular flexibility index (Phi) is 6.29. The van der Waals surface area contributed by atoms with E-state index in [1.54, 1.807) is 11.8 Å². The first-order valence-electron chi connectivity index (χ1n) is 9.40. The van der Waals surface area contributed by atoms with Crippen molar-refractivity contribution in [3.05, 3.63) is 59.7 Å². The van der Waals surface area contributed by atoms with Crippen molar-refractivity contribution in [3.63, 3.8) is 0 Å². The van der Waals surface area contributed by atoms with Crippen molar-refractivity contribution in [2.75, 3.05) is 11.9 Å². The van der Waals surface area contributed by atoms with E-state index >= 15 is 0 Å². The molecule has 0 amide bonds. The Hall–Kier alpha value is -1.06. The quantitative estimate of drug-likeness (QED) is 0.306. The van der Waals surface area contributed by atoms with E-state index in [-0.39, 0.29) is 6.16 Å². The van der Waals surface area contributed by atoms with Gasteiger partial charge in [0.2, 0.25) is 0 Å². The van der Waals surface area contributed by atoms with Gasteiger partial charge in [-0.3, -0.25) is 9.09 Å². The lowest BCUT2D eigenvalue weighted by molar-refractivity contribution is 0.181. The highest BCUT2D eigenvalue weighted by Gasteiger charge is 2.48. The van der Waals surface area contributed by atoms with Gasteiger partial charge in [-0.05, 0) is 29.7 Å². The smallest absolute Gasteiger partial charge is 0.324 e. The summed E-state index contributed by atoms with van der Waals surface area (Å²) in [5.74, 6) is 0.882. The number of unbranched alkanes of at least 4 members (excludes halogenated alkanes) is 2. The van der Waals surface area contributed by atoms with Crippen LogP contribution in [0.2, 0.25) is 0 Å². The van der Waals surface area contributed by atoms with Gasteiger partial charge >= 0.3 is 7.60 Å². The fourth-order valence-corrected chi connectivity index (χ4v) is 6.75. The van der Waals surface area contributed by atoms with Crippen LogP contribution in [-0.4, -0.2) is 16.8 Å². The van der Waals surface area contributed by atoms with Gasteiger partial charge in [-0.25, -0.2) is 0 Å². The second kappa shape index (κ2) is 8.31. The van der Waals surface area contributed by atoms with Gasteiger partial charge in [0.05, 0.1) is 6.16 Å². The number of rotatable bonds is 9. The molecular formula is C21H27O3PS. The van der Waals surface area contributed by atoms with Crippen LogP contribution in [0.1, 0.15) is 50.7 Å². The second-order valence-corrected chi connectivity index (χ2v) is 9.89. The zero-order valence-electron chi connectivity index (χ0n) is 15.5. The van der Waals surface area contributed by atoms with Crippen LogP contribution in [0.5, 0.6) is 0 Å². The molecule has 1 aliphatic rings. The number of hydrogen-bond donors (Lipinski definition) is 1. The van der Waals surface area contributed by atoms with Crippen LogP contribution in [-0.2, 0) is 14.0 Å². The van der Waals surface area contributed by atoms with Gasteiger partial charge in [0.15, 0.2) is 4.93 Å². The molecule has 140 valence electrons. The van der Waals surface area contributed by atoms with E-state index in [9.17, 15) is 9.46 Å². The average Bonchev–Trinajstić information content (AvgIpc) is 2.91. The van der Waals surface area contributed by atoms with Crippen molar-refractivity contribution >= 4 is 19.4 Å². The van der Waals surface area contributed by atoms with Crippen molar-refractivity contribution in [2.45, 2.75) is 44.5 Å². The van der Waals surface area contributed by atoms with E-state index in [2.05, 4.69) is 19.1 Å². The monoisotopic (exact) mass is 390 g/mol. The first kappa shape index (κ1) is 19.7. The van der Waals surface area contributed by atoms with Gasteiger partial charge in [-0.1, -0.05) is 75.2 Å². The van der Waals surface area contributed by atoms with Crippen LogP contribution in [0.15, 0.2) is 48.5 Å². The molecule has 0 fully saturated rings. The lowest BCUT2D eigenvalue weighted by atomic mass is 10.1. The van der Waals surface area contributed by atoms with E-state index in [1.807, 2.05) is 43.3 Å². The minimum absolute atomic E-state index is 0.198. The Balaban J connectivity index is 2.10. The maximum Gasteiger partial charge on any atom is 0.330 e. The molecule has 0 saturated heterocycles. The molecule has 0 aromatic heterocycles. The summed E-state index contributed by atoms with van der Waals surface area (Å²) in [6.07, 6.45) is 3.89.